The lowest BCUT2D eigenvalue weighted by molar-refractivity contribution is -0.134. The van der Waals surface area contributed by atoms with Crippen molar-refractivity contribution in [2.75, 3.05) is 26.2 Å². The monoisotopic (exact) mass is 443 g/mol. The summed E-state index contributed by atoms with van der Waals surface area (Å²) >= 11 is 0. The van der Waals surface area contributed by atoms with E-state index in [-0.39, 0.29) is 11.8 Å². The molecule has 0 N–H and O–H groups in total. The summed E-state index contributed by atoms with van der Waals surface area (Å²) in [5, 5.41) is 0. The van der Waals surface area contributed by atoms with E-state index >= 15 is 0 Å². The number of nitrogens with zero attached hydrogens (tertiary/aromatic N) is 5. The SMILES string of the molecule is CCCN1CCN(Cc2cnc(CC)nc2)C[C@H](Cc2ccccc2-c2cccnc2)C1=O. The van der Waals surface area contributed by atoms with Gasteiger partial charge >= 0.3 is 0 Å². The minimum absolute atomic E-state index is 0.0901. The number of benzene rings is 1. The smallest absolute Gasteiger partial charge is 0.227 e. The summed E-state index contributed by atoms with van der Waals surface area (Å²) in [5.41, 5.74) is 4.53. The third-order valence-corrected chi connectivity index (χ3v) is 6.26. The number of amides is 1. The van der Waals surface area contributed by atoms with E-state index < -0.39 is 0 Å². The largest absolute Gasteiger partial charge is 0.341 e. The summed E-state index contributed by atoms with van der Waals surface area (Å²) < 4.78 is 0. The molecule has 33 heavy (non-hydrogen) atoms. The molecule has 4 rings (SSSR count). The number of carbonyl (C=O) groups excluding carboxylic acids is 1. The van der Waals surface area contributed by atoms with Crippen LogP contribution in [0.1, 0.15) is 37.2 Å². The number of carbonyl (C=O) groups is 1. The van der Waals surface area contributed by atoms with Crippen molar-refractivity contribution >= 4 is 5.91 Å². The highest BCUT2D eigenvalue weighted by atomic mass is 16.2. The van der Waals surface area contributed by atoms with Crippen molar-refractivity contribution in [1.82, 2.24) is 24.8 Å². The van der Waals surface area contributed by atoms with Crippen LogP contribution >= 0.6 is 0 Å². The summed E-state index contributed by atoms with van der Waals surface area (Å²) in [5.74, 6) is 1.04. The maximum atomic E-state index is 13.5. The topological polar surface area (TPSA) is 62.2 Å². The lowest BCUT2D eigenvalue weighted by atomic mass is 9.91. The van der Waals surface area contributed by atoms with Crippen molar-refractivity contribution in [3.8, 4) is 11.1 Å². The first kappa shape index (κ1) is 23.1. The predicted molar refractivity (Wildman–Crippen MR) is 130 cm³/mol. The Kier molecular flexibility index (Phi) is 7.79. The number of pyridine rings is 1. The number of aromatic nitrogens is 3. The Bertz CT molecular complexity index is 1040. The molecule has 0 bridgehead atoms. The maximum Gasteiger partial charge on any atom is 0.227 e. The predicted octanol–water partition coefficient (Wildman–Crippen LogP) is 4.01. The molecule has 0 spiro atoms. The zero-order chi connectivity index (χ0) is 23.0. The fourth-order valence-corrected chi connectivity index (χ4v) is 4.57. The van der Waals surface area contributed by atoms with Crippen LogP contribution in [0.15, 0.2) is 61.2 Å². The fraction of sp³-hybridized carbons (Fsp3) is 0.407. The summed E-state index contributed by atoms with van der Waals surface area (Å²) in [6, 6.07) is 12.4. The first-order valence-corrected chi connectivity index (χ1v) is 12.0. The van der Waals surface area contributed by atoms with Gasteiger partial charge in [-0.05, 0) is 30.0 Å². The van der Waals surface area contributed by atoms with Crippen LogP contribution in [0, 0.1) is 5.92 Å². The van der Waals surface area contributed by atoms with Gasteiger partial charge in [0.15, 0.2) is 0 Å². The van der Waals surface area contributed by atoms with Gasteiger partial charge in [0.1, 0.15) is 5.82 Å². The summed E-state index contributed by atoms with van der Waals surface area (Å²) in [4.78, 5) is 31.2. The van der Waals surface area contributed by atoms with Gasteiger partial charge in [0.2, 0.25) is 5.91 Å². The van der Waals surface area contributed by atoms with Crippen LogP contribution in [-0.4, -0.2) is 56.8 Å². The molecular weight excluding hydrogens is 410 g/mol. The van der Waals surface area contributed by atoms with E-state index in [1.165, 1.54) is 5.56 Å². The Morgan fingerprint density at radius 2 is 1.82 bits per heavy atom. The minimum atomic E-state index is -0.0901. The number of hydrogen-bond acceptors (Lipinski definition) is 5. The maximum absolute atomic E-state index is 13.5. The first-order valence-electron chi connectivity index (χ1n) is 12.0. The molecule has 1 saturated heterocycles. The Morgan fingerprint density at radius 3 is 2.55 bits per heavy atom. The highest BCUT2D eigenvalue weighted by Gasteiger charge is 2.30. The van der Waals surface area contributed by atoms with Gasteiger partial charge in [-0.15, -0.1) is 0 Å². The number of hydrogen-bond donors (Lipinski definition) is 0. The Labute approximate surface area is 196 Å². The van der Waals surface area contributed by atoms with Crippen LogP contribution in [0.4, 0.5) is 0 Å². The zero-order valence-corrected chi connectivity index (χ0v) is 19.7. The van der Waals surface area contributed by atoms with E-state index in [1.807, 2.05) is 29.6 Å². The molecule has 0 saturated carbocycles. The average molecular weight is 444 g/mol. The molecule has 1 fully saturated rings. The molecule has 1 atom stereocenters. The first-order chi connectivity index (χ1) is 16.2. The van der Waals surface area contributed by atoms with E-state index in [2.05, 4.69) is 64.0 Å². The molecule has 0 aliphatic carbocycles. The van der Waals surface area contributed by atoms with Crippen molar-refractivity contribution < 1.29 is 4.79 Å². The Balaban J connectivity index is 1.57. The van der Waals surface area contributed by atoms with E-state index in [0.29, 0.717) is 6.42 Å². The van der Waals surface area contributed by atoms with Gasteiger partial charge in [0, 0.05) is 75.1 Å². The van der Waals surface area contributed by atoms with Crippen molar-refractivity contribution in [3.63, 3.8) is 0 Å². The van der Waals surface area contributed by atoms with E-state index in [0.717, 1.165) is 68.1 Å². The molecular formula is C27H33N5O. The quantitative estimate of drug-likeness (QED) is 0.526. The van der Waals surface area contributed by atoms with Crippen molar-refractivity contribution in [2.45, 2.75) is 39.7 Å². The van der Waals surface area contributed by atoms with Crippen LogP contribution in [-0.2, 0) is 24.2 Å². The summed E-state index contributed by atoms with van der Waals surface area (Å²) in [6.07, 6.45) is 10.1. The average Bonchev–Trinajstić information content (AvgIpc) is 3.00. The van der Waals surface area contributed by atoms with Crippen LogP contribution in [0.3, 0.4) is 0 Å². The second-order valence-electron chi connectivity index (χ2n) is 8.72. The molecule has 6 heteroatoms. The van der Waals surface area contributed by atoms with E-state index in [9.17, 15) is 4.79 Å². The molecule has 3 aromatic rings. The highest BCUT2D eigenvalue weighted by Crippen LogP contribution is 2.27. The fourth-order valence-electron chi connectivity index (χ4n) is 4.57. The van der Waals surface area contributed by atoms with Gasteiger partial charge in [-0.25, -0.2) is 9.97 Å². The molecule has 1 aromatic carbocycles. The van der Waals surface area contributed by atoms with Crippen LogP contribution in [0.5, 0.6) is 0 Å². The van der Waals surface area contributed by atoms with Crippen LogP contribution in [0.2, 0.25) is 0 Å². The van der Waals surface area contributed by atoms with E-state index in [1.54, 1.807) is 6.20 Å². The lowest BCUT2D eigenvalue weighted by Gasteiger charge is -2.24. The third-order valence-electron chi connectivity index (χ3n) is 6.26. The van der Waals surface area contributed by atoms with Crippen LogP contribution < -0.4 is 0 Å². The van der Waals surface area contributed by atoms with Gasteiger partial charge < -0.3 is 4.90 Å². The Morgan fingerprint density at radius 1 is 1.00 bits per heavy atom. The molecule has 6 nitrogen and oxygen atoms in total. The molecule has 1 aliphatic rings. The Hall–Kier alpha value is -3.12. The number of rotatable bonds is 8. The molecule has 1 aliphatic heterocycles. The van der Waals surface area contributed by atoms with Gasteiger partial charge in [-0.1, -0.05) is 44.2 Å². The highest BCUT2D eigenvalue weighted by molar-refractivity contribution is 5.80. The lowest BCUT2D eigenvalue weighted by Crippen LogP contribution is -2.37. The van der Waals surface area contributed by atoms with Crippen molar-refractivity contribution in [3.05, 3.63) is 78.1 Å². The van der Waals surface area contributed by atoms with Gasteiger partial charge in [-0.3, -0.25) is 14.7 Å². The molecule has 172 valence electrons. The molecule has 0 radical (unpaired) electrons. The van der Waals surface area contributed by atoms with Gasteiger partial charge in [-0.2, -0.15) is 0 Å². The molecule has 3 heterocycles. The second-order valence-corrected chi connectivity index (χ2v) is 8.72. The van der Waals surface area contributed by atoms with Crippen molar-refractivity contribution in [1.29, 1.82) is 0 Å². The standard InChI is InChI=1S/C27H33N5O/c1-3-12-32-14-13-31(19-21-16-29-26(4-2)30-17-21)20-24(27(32)33)15-22-8-5-6-10-25(22)23-9-7-11-28-18-23/h5-11,16-18,24H,3-4,12-15,19-20H2,1-2H3/t24-/m0/s1. The normalized spacial score (nSPS) is 17.2. The van der Waals surface area contributed by atoms with Crippen molar-refractivity contribution in [2.24, 2.45) is 5.92 Å². The number of aryl methyl sites for hydroxylation is 1. The molecule has 2 aromatic heterocycles. The zero-order valence-electron chi connectivity index (χ0n) is 19.7. The summed E-state index contributed by atoms with van der Waals surface area (Å²) in [6.45, 7) is 8.12. The third kappa shape index (κ3) is 5.82. The molecule has 0 unspecified atom stereocenters. The summed E-state index contributed by atoms with van der Waals surface area (Å²) in [7, 11) is 0. The molecule has 1 amide bonds. The van der Waals surface area contributed by atoms with E-state index in [4.69, 9.17) is 0 Å². The second kappa shape index (κ2) is 11.1. The van der Waals surface area contributed by atoms with Gasteiger partial charge in [0.05, 0.1) is 5.92 Å². The van der Waals surface area contributed by atoms with Gasteiger partial charge in [0.25, 0.3) is 0 Å². The van der Waals surface area contributed by atoms with Crippen LogP contribution in [0.25, 0.3) is 11.1 Å². The minimum Gasteiger partial charge on any atom is -0.341 e.